The fraction of sp³-hybridized carbons (Fsp3) is 0.429. The van der Waals surface area contributed by atoms with E-state index in [0.717, 1.165) is 0 Å². The highest BCUT2D eigenvalue weighted by molar-refractivity contribution is 5.79. The number of urea groups is 1. The van der Waals surface area contributed by atoms with Crippen molar-refractivity contribution in [2.75, 3.05) is 6.54 Å². The van der Waals surface area contributed by atoms with E-state index in [1.54, 1.807) is 7.05 Å². The number of hydrogen-bond acceptors (Lipinski definition) is 4. The first-order valence-corrected chi connectivity index (χ1v) is 4.16. The Hall–Kier alpha value is -2.12. The summed E-state index contributed by atoms with van der Waals surface area (Å²) in [5, 5.41) is 16.8. The number of aromatic nitrogens is 3. The number of amides is 2. The van der Waals surface area contributed by atoms with Crippen molar-refractivity contribution in [3.63, 3.8) is 0 Å². The molecule has 0 atom stereocenters. The minimum atomic E-state index is -1.10. The average Bonchev–Trinajstić information content (AvgIpc) is 2.58. The quantitative estimate of drug-likeness (QED) is 0.575. The van der Waals surface area contributed by atoms with Crippen molar-refractivity contribution < 1.29 is 14.7 Å². The summed E-state index contributed by atoms with van der Waals surface area (Å²) in [6, 6.07) is -0.565. The van der Waals surface area contributed by atoms with Gasteiger partial charge < -0.3 is 15.7 Å². The predicted molar refractivity (Wildman–Crippen MR) is 48.9 cm³/mol. The smallest absolute Gasteiger partial charge is 0.323 e. The highest BCUT2D eigenvalue weighted by atomic mass is 16.4. The molecular formula is C7H11N5O3. The lowest BCUT2D eigenvalue weighted by Crippen LogP contribution is -2.38. The third-order valence-electron chi connectivity index (χ3n) is 1.45. The number of aryl methyl sites for hydroxylation is 1. The second-order valence-electron chi connectivity index (χ2n) is 2.76. The SMILES string of the molecule is Cn1cnc(CNC(=O)NCC(=O)O)n1. The van der Waals surface area contributed by atoms with Crippen molar-refractivity contribution in [2.45, 2.75) is 6.54 Å². The summed E-state index contributed by atoms with van der Waals surface area (Å²) >= 11 is 0. The van der Waals surface area contributed by atoms with Gasteiger partial charge in [-0.3, -0.25) is 9.48 Å². The number of nitrogens with one attached hydrogen (secondary N) is 2. The maximum absolute atomic E-state index is 11.0. The molecule has 0 unspecified atom stereocenters. The highest BCUT2D eigenvalue weighted by Crippen LogP contribution is 1.85. The van der Waals surface area contributed by atoms with E-state index in [1.165, 1.54) is 11.0 Å². The molecule has 1 aromatic heterocycles. The molecule has 0 radical (unpaired) electrons. The summed E-state index contributed by atoms with van der Waals surface area (Å²) in [4.78, 5) is 25.0. The van der Waals surface area contributed by atoms with Crippen LogP contribution < -0.4 is 10.6 Å². The van der Waals surface area contributed by atoms with Crippen LogP contribution in [0.3, 0.4) is 0 Å². The molecule has 8 nitrogen and oxygen atoms in total. The number of aliphatic carboxylic acids is 1. The Bertz CT molecular complexity index is 361. The molecule has 3 N–H and O–H groups in total. The molecule has 15 heavy (non-hydrogen) atoms. The molecule has 8 heteroatoms. The average molecular weight is 213 g/mol. The van der Waals surface area contributed by atoms with Crippen LogP contribution in [0.5, 0.6) is 0 Å². The number of carbonyl (C=O) groups excluding carboxylic acids is 1. The maximum atomic E-state index is 11.0. The molecule has 0 bridgehead atoms. The van der Waals surface area contributed by atoms with Crippen LogP contribution >= 0.6 is 0 Å². The number of carbonyl (C=O) groups is 2. The summed E-state index contributed by atoms with van der Waals surface area (Å²) in [5.41, 5.74) is 0. The van der Waals surface area contributed by atoms with E-state index in [9.17, 15) is 9.59 Å². The second kappa shape index (κ2) is 4.94. The summed E-state index contributed by atoms with van der Waals surface area (Å²) < 4.78 is 1.51. The van der Waals surface area contributed by atoms with E-state index in [1.807, 2.05) is 0 Å². The molecular weight excluding hydrogens is 202 g/mol. The highest BCUT2D eigenvalue weighted by Gasteiger charge is 2.04. The first-order valence-electron chi connectivity index (χ1n) is 4.16. The second-order valence-corrected chi connectivity index (χ2v) is 2.76. The predicted octanol–water partition coefficient (Wildman–Crippen LogP) is -1.30. The van der Waals surface area contributed by atoms with Gasteiger partial charge in [-0.15, -0.1) is 0 Å². The van der Waals surface area contributed by atoms with Gasteiger partial charge in [0.05, 0.1) is 6.54 Å². The Labute approximate surface area is 85.3 Å². The fourth-order valence-corrected chi connectivity index (χ4v) is 0.843. The zero-order chi connectivity index (χ0) is 11.3. The van der Waals surface area contributed by atoms with Crippen molar-refractivity contribution in [2.24, 2.45) is 7.05 Å². The standard InChI is InChI=1S/C7H11N5O3/c1-12-4-10-5(11-12)2-8-7(15)9-3-6(13)14/h4H,2-3H2,1H3,(H,13,14)(H2,8,9,15). The summed E-state index contributed by atoms with van der Waals surface area (Å²) in [5.74, 6) is -0.635. The number of rotatable bonds is 4. The van der Waals surface area contributed by atoms with E-state index < -0.39 is 18.5 Å². The van der Waals surface area contributed by atoms with Crippen LogP contribution in [0.25, 0.3) is 0 Å². The lowest BCUT2D eigenvalue weighted by Gasteiger charge is -2.02. The third kappa shape index (κ3) is 4.07. The molecule has 1 rings (SSSR count). The molecule has 0 aromatic carbocycles. The van der Waals surface area contributed by atoms with Crippen molar-refractivity contribution >= 4 is 12.0 Å². The summed E-state index contributed by atoms with van der Waals surface area (Å²) in [6.45, 7) is -0.256. The Morgan fingerprint density at radius 2 is 2.27 bits per heavy atom. The Kier molecular flexibility index (Phi) is 3.61. The first kappa shape index (κ1) is 11.0. The first-order chi connectivity index (χ1) is 7.08. The van der Waals surface area contributed by atoms with Gasteiger partial charge in [0.1, 0.15) is 12.9 Å². The normalized spacial score (nSPS) is 9.67. The van der Waals surface area contributed by atoms with Crippen LogP contribution in [0.1, 0.15) is 5.82 Å². The molecule has 0 aliphatic rings. The molecule has 0 aliphatic heterocycles. The number of hydrogen-bond donors (Lipinski definition) is 3. The Morgan fingerprint density at radius 3 is 2.80 bits per heavy atom. The fourth-order valence-electron chi connectivity index (χ4n) is 0.843. The van der Waals surface area contributed by atoms with Crippen LogP contribution in [0.15, 0.2) is 6.33 Å². The van der Waals surface area contributed by atoms with Crippen molar-refractivity contribution in [3.05, 3.63) is 12.2 Å². The molecule has 82 valence electrons. The minimum Gasteiger partial charge on any atom is -0.480 e. The molecule has 2 amide bonds. The van der Waals surface area contributed by atoms with Gasteiger partial charge in [-0.25, -0.2) is 9.78 Å². The Balaban J connectivity index is 2.25. The lowest BCUT2D eigenvalue weighted by atomic mass is 10.6. The zero-order valence-electron chi connectivity index (χ0n) is 8.10. The number of carboxylic acid groups (broad SMARTS) is 1. The van der Waals surface area contributed by atoms with Crippen molar-refractivity contribution in [1.29, 1.82) is 0 Å². The van der Waals surface area contributed by atoms with Crippen molar-refractivity contribution in [3.8, 4) is 0 Å². The lowest BCUT2D eigenvalue weighted by molar-refractivity contribution is -0.135. The molecule has 0 aliphatic carbocycles. The minimum absolute atomic E-state index is 0.159. The molecule has 1 aromatic rings. The third-order valence-corrected chi connectivity index (χ3v) is 1.45. The molecule has 0 spiro atoms. The molecule has 1 heterocycles. The van der Waals surface area contributed by atoms with E-state index in [4.69, 9.17) is 5.11 Å². The summed E-state index contributed by atoms with van der Waals surface area (Å²) in [7, 11) is 1.71. The van der Waals surface area contributed by atoms with Crippen LogP contribution in [0.2, 0.25) is 0 Å². The molecule has 0 fully saturated rings. The van der Waals surface area contributed by atoms with Gasteiger partial charge in [-0.2, -0.15) is 5.10 Å². The largest absolute Gasteiger partial charge is 0.480 e. The van der Waals surface area contributed by atoms with Gasteiger partial charge in [0.25, 0.3) is 0 Å². The van der Waals surface area contributed by atoms with Crippen LogP contribution in [-0.2, 0) is 18.4 Å². The molecule has 0 saturated heterocycles. The van der Waals surface area contributed by atoms with E-state index in [0.29, 0.717) is 5.82 Å². The Morgan fingerprint density at radius 1 is 1.53 bits per heavy atom. The van der Waals surface area contributed by atoms with Gasteiger partial charge in [-0.05, 0) is 0 Å². The van der Waals surface area contributed by atoms with E-state index in [-0.39, 0.29) is 6.54 Å². The number of carboxylic acids is 1. The zero-order valence-corrected chi connectivity index (χ0v) is 8.10. The van der Waals surface area contributed by atoms with Crippen LogP contribution in [-0.4, -0.2) is 38.4 Å². The van der Waals surface area contributed by atoms with Gasteiger partial charge in [0.2, 0.25) is 0 Å². The van der Waals surface area contributed by atoms with Crippen molar-refractivity contribution in [1.82, 2.24) is 25.4 Å². The van der Waals surface area contributed by atoms with Gasteiger partial charge in [-0.1, -0.05) is 0 Å². The monoisotopic (exact) mass is 213 g/mol. The molecule has 0 saturated carbocycles. The van der Waals surface area contributed by atoms with Gasteiger partial charge >= 0.3 is 12.0 Å². The van der Waals surface area contributed by atoms with Crippen LogP contribution in [0.4, 0.5) is 4.79 Å². The summed E-state index contributed by atoms with van der Waals surface area (Å²) in [6.07, 6.45) is 1.51. The number of nitrogens with zero attached hydrogens (tertiary/aromatic N) is 3. The van der Waals surface area contributed by atoms with E-state index >= 15 is 0 Å². The topological polar surface area (TPSA) is 109 Å². The van der Waals surface area contributed by atoms with Gasteiger partial charge in [0.15, 0.2) is 5.82 Å². The maximum Gasteiger partial charge on any atom is 0.323 e. The van der Waals surface area contributed by atoms with E-state index in [2.05, 4.69) is 20.7 Å². The van der Waals surface area contributed by atoms with Gasteiger partial charge in [0, 0.05) is 7.05 Å². The van der Waals surface area contributed by atoms with Crippen LogP contribution in [0, 0.1) is 0 Å².